The van der Waals surface area contributed by atoms with E-state index < -0.39 is 0 Å². The van der Waals surface area contributed by atoms with Gasteiger partial charge in [-0.05, 0) is 35.6 Å². The third-order valence-electron chi connectivity index (χ3n) is 4.80. The van der Waals surface area contributed by atoms with E-state index in [1.165, 1.54) is 17.3 Å². The van der Waals surface area contributed by atoms with Crippen molar-refractivity contribution in [2.75, 3.05) is 12.9 Å². The first-order valence-corrected chi connectivity index (χ1v) is 11.5. The molecule has 1 aromatic heterocycles. The lowest BCUT2D eigenvalue weighted by molar-refractivity contribution is -0.118. The number of benzene rings is 2. The van der Waals surface area contributed by atoms with E-state index in [9.17, 15) is 4.79 Å². The minimum absolute atomic E-state index is 0.0225. The molecule has 0 aliphatic heterocycles. The third kappa shape index (κ3) is 7.14. The minimum atomic E-state index is -0.0225. The van der Waals surface area contributed by atoms with Gasteiger partial charge in [0.25, 0.3) is 0 Å². The molecule has 0 bridgehead atoms. The second kappa shape index (κ2) is 11.6. The van der Waals surface area contributed by atoms with E-state index in [4.69, 9.17) is 4.74 Å². The van der Waals surface area contributed by atoms with Gasteiger partial charge in [0, 0.05) is 19.5 Å². The second-order valence-electron chi connectivity index (χ2n) is 7.80. The van der Waals surface area contributed by atoms with Crippen LogP contribution in [0, 0.1) is 5.92 Å². The summed E-state index contributed by atoms with van der Waals surface area (Å²) in [6, 6.07) is 18.1. The van der Waals surface area contributed by atoms with E-state index in [0.29, 0.717) is 18.2 Å². The van der Waals surface area contributed by atoms with E-state index >= 15 is 0 Å². The largest absolute Gasteiger partial charge is 0.497 e. The fraction of sp³-hybridized carbons (Fsp3) is 0.375. The van der Waals surface area contributed by atoms with Crippen LogP contribution in [0.2, 0.25) is 0 Å². The first-order chi connectivity index (χ1) is 15.0. The average molecular weight is 439 g/mol. The lowest BCUT2D eigenvalue weighted by atomic mass is 10.1. The summed E-state index contributed by atoms with van der Waals surface area (Å²) < 4.78 is 7.32. The fourth-order valence-electron chi connectivity index (χ4n) is 3.19. The number of nitrogens with zero attached hydrogens (tertiary/aromatic N) is 3. The Labute approximate surface area is 188 Å². The van der Waals surface area contributed by atoms with Crippen molar-refractivity contribution >= 4 is 17.7 Å². The van der Waals surface area contributed by atoms with Crippen LogP contribution in [0.3, 0.4) is 0 Å². The maximum absolute atomic E-state index is 12.3. The van der Waals surface area contributed by atoms with Crippen molar-refractivity contribution in [1.82, 2.24) is 20.1 Å². The number of aromatic nitrogens is 3. The predicted octanol–water partition coefficient (Wildman–Crippen LogP) is 4.14. The van der Waals surface area contributed by atoms with E-state index in [1.807, 2.05) is 30.3 Å². The first kappa shape index (κ1) is 22.9. The average Bonchev–Trinajstić information content (AvgIpc) is 3.16. The van der Waals surface area contributed by atoms with Crippen molar-refractivity contribution < 1.29 is 9.53 Å². The number of thioether (sulfide) groups is 1. The van der Waals surface area contributed by atoms with Gasteiger partial charge in [0.15, 0.2) is 5.16 Å². The molecule has 0 saturated heterocycles. The Morgan fingerprint density at radius 2 is 1.77 bits per heavy atom. The minimum Gasteiger partial charge on any atom is -0.497 e. The van der Waals surface area contributed by atoms with Crippen molar-refractivity contribution in [2.45, 2.75) is 44.9 Å². The number of methoxy groups -OCH3 is 1. The molecule has 0 atom stereocenters. The van der Waals surface area contributed by atoms with Gasteiger partial charge in [0.05, 0.1) is 12.9 Å². The number of aryl methyl sites for hydroxylation is 2. The topological polar surface area (TPSA) is 69.0 Å². The monoisotopic (exact) mass is 438 g/mol. The molecule has 0 aliphatic carbocycles. The van der Waals surface area contributed by atoms with Gasteiger partial charge < -0.3 is 14.6 Å². The summed E-state index contributed by atoms with van der Waals surface area (Å²) >= 11 is 1.44. The van der Waals surface area contributed by atoms with Crippen LogP contribution in [0.5, 0.6) is 5.75 Å². The van der Waals surface area contributed by atoms with Crippen LogP contribution in [0.4, 0.5) is 0 Å². The van der Waals surface area contributed by atoms with Crippen LogP contribution in [0.25, 0.3) is 0 Å². The summed E-state index contributed by atoms with van der Waals surface area (Å²) in [6.07, 6.45) is 1.75. The number of nitrogens with one attached hydrogen (secondary N) is 1. The summed E-state index contributed by atoms with van der Waals surface area (Å²) in [6.45, 7) is 5.69. The molecular formula is C24H30N4O2S. The zero-order valence-corrected chi connectivity index (χ0v) is 19.2. The fourth-order valence-corrected chi connectivity index (χ4v) is 3.98. The highest BCUT2D eigenvalue weighted by molar-refractivity contribution is 7.99. The quantitative estimate of drug-likeness (QED) is 0.456. The highest BCUT2D eigenvalue weighted by atomic mass is 32.2. The number of ether oxygens (including phenoxy) is 1. The standard InChI is InChI=1S/C24H30N4O2S/c1-18(2)16-28-22(14-11-19-7-5-4-6-8-19)26-27-24(28)31-17-23(29)25-15-20-9-12-21(30-3)13-10-20/h4-10,12-13,18H,11,14-17H2,1-3H3,(H,25,29). The Hall–Kier alpha value is -2.80. The molecule has 1 heterocycles. The molecule has 0 spiro atoms. The summed E-state index contributed by atoms with van der Waals surface area (Å²) in [4.78, 5) is 12.3. The molecule has 1 amide bonds. The maximum Gasteiger partial charge on any atom is 0.230 e. The Kier molecular flexibility index (Phi) is 8.53. The van der Waals surface area contributed by atoms with Gasteiger partial charge in [-0.1, -0.05) is 68.1 Å². The molecule has 6 nitrogen and oxygen atoms in total. The van der Waals surface area contributed by atoms with Crippen molar-refractivity contribution in [3.8, 4) is 5.75 Å². The zero-order chi connectivity index (χ0) is 22.1. The Morgan fingerprint density at radius 3 is 2.45 bits per heavy atom. The molecule has 2 aromatic carbocycles. The highest BCUT2D eigenvalue weighted by Gasteiger charge is 2.15. The molecule has 0 unspecified atom stereocenters. The molecule has 164 valence electrons. The van der Waals surface area contributed by atoms with Gasteiger partial charge in [-0.25, -0.2) is 0 Å². The summed E-state index contributed by atoms with van der Waals surface area (Å²) in [5.74, 6) is 2.53. The number of hydrogen-bond donors (Lipinski definition) is 1. The highest BCUT2D eigenvalue weighted by Crippen LogP contribution is 2.20. The van der Waals surface area contributed by atoms with E-state index in [1.54, 1.807) is 7.11 Å². The molecule has 3 rings (SSSR count). The van der Waals surface area contributed by atoms with Crippen molar-refractivity contribution in [2.24, 2.45) is 5.92 Å². The Morgan fingerprint density at radius 1 is 1.03 bits per heavy atom. The number of amides is 1. The second-order valence-corrected chi connectivity index (χ2v) is 8.74. The smallest absolute Gasteiger partial charge is 0.230 e. The molecule has 1 N–H and O–H groups in total. The lowest BCUT2D eigenvalue weighted by Gasteiger charge is -2.12. The molecule has 3 aromatic rings. The molecule has 0 radical (unpaired) electrons. The summed E-state index contributed by atoms with van der Waals surface area (Å²) in [5.41, 5.74) is 2.32. The van der Waals surface area contributed by atoms with Crippen LogP contribution < -0.4 is 10.1 Å². The van der Waals surface area contributed by atoms with Crippen LogP contribution in [-0.2, 0) is 30.7 Å². The van der Waals surface area contributed by atoms with Gasteiger partial charge in [-0.3, -0.25) is 4.79 Å². The van der Waals surface area contributed by atoms with E-state index in [0.717, 1.165) is 41.7 Å². The number of rotatable bonds is 11. The number of hydrogen-bond acceptors (Lipinski definition) is 5. The third-order valence-corrected chi connectivity index (χ3v) is 5.77. The van der Waals surface area contributed by atoms with E-state index in [-0.39, 0.29) is 5.91 Å². The molecule has 31 heavy (non-hydrogen) atoms. The Balaban J connectivity index is 1.55. The van der Waals surface area contributed by atoms with Crippen LogP contribution in [-0.4, -0.2) is 33.5 Å². The number of carbonyl (C=O) groups excluding carboxylic acids is 1. The Bertz CT molecular complexity index is 955. The van der Waals surface area contributed by atoms with Crippen LogP contribution in [0.1, 0.15) is 30.8 Å². The lowest BCUT2D eigenvalue weighted by Crippen LogP contribution is -2.24. The first-order valence-electron chi connectivity index (χ1n) is 10.5. The van der Waals surface area contributed by atoms with Gasteiger partial charge in [-0.2, -0.15) is 0 Å². The SMILES string of the molecule is COc1ccc(CNC(=O)CSc2nnc(CCc3ccccc3)n2CC(C)C)cc1. The van der Waals surface area contributed by atoms with E-state index in [2.05, 4.69) is 58.2 Å². The van der Waals surface area contributed by atoms with Gasteiger partial charge in [0.2, 0.25) is 5.91 Å². The van der Waals surface area contributed by atoms with Gasteiger partial charge in [0.1, 0.15) is 11.6 Å². The van der Waals surface area contributed by atoms with Crippen molar-refractivity contribution in [3.63, 3.8) is 0 Å². The predicted molar refractivity (Wildman–Crippen MR) is 124 cm³/mol. The van der Waals surface area contributed by atoms with Gasteiger partial charge >= 0.3 is 0 Å². The molecule has 0 fully saturated rings. The number of carbonyl (C=O) groups is 1. The normalized spacial score (nSPS) is 11.0. The summed E-state index contributed by atoms with van der Waals surface area (Å²) in [5, 5.41) is 12.6. The zero-order valence-electron chi connectivity index (χ0n) is 18.4. The van der Waals surface area contributed by atoms with Crippen LogP contribution in [0.15, 0.2) is 59.8 Å². The summed E-state index contributed by atoms with van der Waals surface area (Å²) in [7, 11) is 1.64. The van der Waals surface area contributed by atoms with Crippen molar-refractivity contribution in [3.05, 3.63) is 71.5 Å². The molecule has 7 heteroatoms. The molecular weight excluding hydrogens is 408 g/mol. The van der Waals surface area contributed by atoms with Crippen LogP contribution >= 0.6 is 11.8 Å². The van der Waals surface area contributed by atoms with Gasteiger partial charge in [-0.15, -0.1) is 10.2 Å². The maximum atomic E-state index is 12.3. The molecule has 0 saturated carbocycles. The molecule has 0 aliphatic rings. The van der Waals surface area contributed by atoms with Crippen molar-refractivity contribution in [1.29, 1.82) is 0 Å².